The highest BCUT2D eigenvalue weighted by Gasteiger charge is 2.22. The second kappa shape index (κ2) is 5.96. The standard InChI is InChI=1S/C11H7BrClN3O4S/c12-7-2-1-3-8(6-7)21(19,20)15-11-9(16(17)18)4-5-10(13)14-11/h1-6H,(H,14,15). The van der Waals surface area contributed by atoms with Crippen molar-refractivity contribution in [1.29, 1.82) is 0 Å². The van der Waals surface area contributed by atoms with Crippen LogP contribution in [0.25, 0.3) is 0 Å². The molecule has 0 unspecified atom stereocenters. The van der Waals surface area contributed by atoms with E-state index in [4.69, 9.17) is 11.6 Å². The molecule has 2 aromatic rings. The van der Waals surface area contributed by atoms with Crippen molar-refractivity contribution in [3.05, 3.63) is 56.1 Å². The van der Waals surface area contributed by atoms with E-state index in [1.54, 1.807) is 6.07 Å². The Balaban J connectivity index is 2.46. The molecular formula is C11H7BrClN3O4S. The molecule has 0 saturated heterocycles. The van der Waals surface area contributed by atoms with E-state index in [0.29, 0.717) is 4.47 Å². The van der Waals surface area contributed by atoms with E-state index in [1.165, 1.54) is 24.3 Å². The van der Waals surface area contributed by atoms with E-state index in [1.807, 2.05) is 0 Å². The number of anilines is 1. The summed E-state index contributed by atoms with van der Waals surface area (Å²) < 4.78 is 27.0. The summed E-state index contributed by atoms with van der Waals surface area (Å²) >= 11 is 8.80. The Hall–Kier alpha value is -1.71. The molecule has 110 valence electrons. The first-order valence-corrected chi connectivity index (χ1v) is 8.04. The largest absolute Gasteiger partial charge is 0.312 e. The lowest BCUT2D eigenvalue weighted by atomic mass is 10.4. The van der Waals surface area contributed by atoms with E-state index in [2.05, 4.69) is 25.6 Å². The average Bonchev–Trinajstić information content (AvgIpc) is 2.38. The van der Waals surface area contributed by atoms with Crippen LogP contribution in [0.3, 0.4) is 0 Å². The van der Waals surface area contributed by atoms with Gasteiger partial charge in [-0.3, -0.25) is 14.8 Å². The van der Waals surface area contributed by atoms with Crippen molar-refractivity contribution in [2.45, 2.75) is 4.90 Å². The number of hydrogen-bond donors (Lipinski definition) is 1. The molecule has 21 heavy (non-hydrogen) atoms. The number of rotatable bonds is 4. The van der Waals surface area contributed by atoms with Gasteiger partial charge in [-0.1, -0.05) is 33.6 Å². The highest BCUT2D eigenvalue weighted by Crippen LogP contribution is 2.27. The minimum absolute atomic E-state index is 0.0621. The van der Waals surface area contributed by atoms with Gasteiger partial charge in [0.25, 0.3) is 10.0 Å². The van der Waals surface area contributed by atoms with Crippen molar-refractivity contribution >= 4 is 49.1 Å². The molecule has 10 heteroatoms. The zero-order chi connectivity index (χ0) is 15.6. The molecule has 2 rings (SSSR count). The monoisotopic (exact) mass is 391 g/mol. The van der Waals surface area contributed by atoms with Crippen LogP contribution in [0.5, 0.6) is 0 Å². The summed E-state index contributed by atoms with van der Waals surface area (Å²) in [4.78, 5) is 13.7. The maximum absolute atomic E-state index is 12.2. The lowest BCUT2D eigenvalue weighted by Crippen LogP contribution is -2.15. The van der Waals surface area contributed by atoms with Gasteiger partial charge in [-0.15, -0.1) is 0 Å². The number of sulfonamides is 1. The molecule has 0 radical (unpaired) electrons. The van der Waals surface area contributed by atoms with Gasteiger partial charge in [-0.2, -0.15) is 0 Å². The molecule has 0 atom stereocenters. The zero-order valence-electron chi connectivity index (χ0n) is 10.2. The number of aromatic nitrogens is 1. The van der Waals surface area contributed by atoms with E-state index in [9.17, 15) is 18.5 Å². The third-order valence-electron chi connectivity index (χ3n) is 2.37. The Bertz CT molecular complexity index is 813. The normalized spacial score (nSPS) is 11.1. The number of pyridine rings is 1. The second-order valence-corrected chi connectivity index (χ2v) is 6.81. The van der Waals surface area contributed by atoms with Gasteiger partial charge in [-0.25, -0.2) is 13.4 Å². The van der Waals surface area contributed by atoms with Crippen molar-refractivity contribution in [2.24, 2.45) is 0 Å². The second-order valence-electron chi connectivity index (χ2n) is 3.82. The third kappa shape index (κ3) is 3.69. The Labute approximate surface area is 133 Å². The Kier molecular flexibility index (Phi) is 4.45. The minimum Gasteiger partial charge on any atom is -0.258 e. The smallest absolute Gasteiger partial charge is 0.258 e. The van der Waals surface area contributed by atoms with Crippen molar-refractivity contribution in [3.8, 4) is 0 Å². The van der Waals surface area contributed by atoms with E-state index >= 15 is 0 Å². The first-order valence-electron chi connectivity index (χ1n) is 5.39. The highest BCUT2D eigenvalue weighted by molar-refractivity contribution is 9.10. The molecule has 0 aliphatic heterocycles. The van der Waals surface area contributed by atoms with E-state index in [0.717, 1.165) is 6.07 Å². The molecule has 1 aromatic heterocycles. The minimum atomic E-state index is -4.01. The van der Waals surface area contributed by atoms with Crippen LogP contribution >= 0.6 is 27.5 Å². The molecule has 0 saturated carbocycles. The first-order chi connectivity index (χ1) is 9.79. The van der Waals surface area contributed by atoms with Crippen LogP contribution in [0.2, 0.25) is 5.15 Å². The van der Waals surface area contributed by atoms with Crippen molar-refractivity contribution in [3.63, 3.8) is 0 Å². The van der Waals surface area contributed by atoms with Gasteiger partial charge in [0.05, 0.1) is 9.82 Å². The molecular weight excluding hydrogens is 386 g/mol. The number of nitro groups is 1. The summed E-state index contributed by atoms with van der Waals surface area (Å²) in [5.41, 5.74) is -0.488. The molecule has 0 aliphatic rings. The van der Waals surface area contributed by atoms with Crippen LogP contribution < -0.4 is 4.72 Å². The fourth-order valence-corrected chi connectivity index (χ4v) is 3.23. The summed E-state index contributed by atoms with van der Waals surface area (Å²) in [6.45, 7) is 0. The summed E-state index contributed by atoms with van der Waals surface area (Å²) in [7, 11) is -4.01. The number of nitrogens with zero attached hydrogens (tertiary/aromatic N) is 2. The molecule has 1 heterocycles. The van der Waals surface area contributed by atoms with Crippen LogP contribution in [0.1, 0.15) is 0 Å². The van der Waals surface area contributed by atoms with Crippen LogP contribution in [0.15, 0.2) is 45.8 Å². The van der Waals surface area contributed by atoms with Crippen LogP contribution in [0, 0.1) is 10.1 Å². The highest BCUT2D eigenvalue weighted by atomic mass is 79.9. The third-order valence-corrected chi connectivity index (χ3v) is 4.41. The van der Waals surface area contributed by atoms with Crippen molar-refractivity contribution in [1.82, 2.24) is 4.98 Å². The molecule has 1 aromatic carbocycles. The summed E-state index contributed by atoms with van der Waals surface area (Å²) in [5, 5.41) is 10.8. The van der Waals surface area contributed by atoms with Crippen molar-refractivity contribution < 1.29 is 13.3 Å². The fourth-order valence-electron chi connectivity index (χ4n) is 1.47. The SMILES string of the molecule is O=[N+]([O-])c1ccc(Cl)nc1NS(=O)(=O)c1cccc(Br)c1. The summed E-state index contributed by atoms with van der Waals surface area (Å²) in [6, 6.07) is 8.17. The molecule has 0 fully saturated rings. The van der Waals surface area contributed by atoms with Gasteiger partial charge in [0.1, 0.15) is 5.15 Å². The van der Waals surface area contributed by atoms with Gasteiger partial charge >= 0.3 is 5.69 Å². The lowest BCUT2D eigenvalue weighted by molar-refractivity contribution is -0.384. The molecule has 1 N–H and O–H groups in total. The van der Waals surface area contributed by atoms with Gasteiger partial charge in [0.15, 0.2) is 0 Å². The first kappa shape index (κ1) is 15.7. The average molecular weight is 393 g/mol. The Morgan fingerprint density at radius 2 is 2.00 bits per heavy atom. The Morgan fingerprint density at radius 3 is 2.62 bits per heavy atom. The maximum Gasteiger partial charge on any atom is 0.312 e. The van der Waals surface area contributed by atoms with Crippen LogP contribution in [-0.4, -0.2) is 18.3 Å². The number of benzene rings is 1. The molecule has 0 amide bonds. The molecule has 0 spiro atoms. The predicted octanol–water partition coefficient (Wildman–Crippen LogP) is 3.21. The van der Waals surface area contributed by atoms with Gasteiger partial charge in [0.2, 0.25) is 5.82 Å². The number of nitrogens with one attached hydrogen (secondary N) is 1. The van der Waals surface area contributed by atoms with E-state index in [-0.39, 0.29) is 10.0 Å². The zero-order valence-corrected chi connectivity index (χ0v) is 13.3. The predicted molar refractivity (Wildman–Crippen MR) is 80.9 cm³/mol. The summed E-state index contributed by atoms with van der Waals surface area (Å²) in [5.74, 6) is -0.438. The lowest BCUT2D eigenvalue weighted by Gasteiger charge is -2.08. The van der Waals surface area contributed by atoms with Crippen molar-refractivity contribution in [2.75, 3.05) is 4.72 Å². The van der Waals surface area contributed by atoms with Gasteiger partial charge in [-0.05, 0) is 24.3 Å². The number of halogens is 2. The van der Waals surface area contributed by atoms with Gasteiger partial charge in [0, 0.05) is 10.5 Å². The molecule has 7 nitrogen and oxygen atoms in total. The van der Waals surface area contributed by atoms with Crippen LogP contribution in [0.4, 0.5) is 11.5 Å². The molecule has 0 bridgehead atoms. The topological polar surface area (TPSA) is 102 Å². The quantitative estimate of drug-likeness (QED) is 0.489. The molecule has 0 aliphatic carbocycles. The van der Waals surface area contributed by atoms with Gasteiger partial charge < -0.3 is 0 Å². The van der Waals surface area contributed by atoms with Crippen LogP contribution in [-0.2, 0) is 10.0 Å². The van der Waals surface area contributed by atoms with E-state index < -0.39 is 26.5 Å². The maximum atomic E-state index is 12.2. The fraction of sp³-hybridized carbons (Fsp3) is 0. The summed E-state index contributed by atoms with van der Waals surface area (Å²) in [6.07, 6.45) is 0. The Morgan fingerprint density at radius 1 is 1.29 bits per heavy atom. The number of hydrogen-bond acceptors (Lipinski definition) is 5.